The molecule has 17 heavy (non-hydrogen) atoms. The van der Waals surface area contributed by atoms with Gasteiger partial charge in [-0.15, -0.1) is 0 Å². The van der Waals surface area contributed by atoms with Crippen LogP contribution in [-0.2, 0) is 9.53 Å². The van der Waals surface area contributed by atoms with Crippen molar-refractivity contribution in [1.29, 1.82) is 0 Å². The van der Waals surface area contributed by atoms with Crippen LogP contribution in [0.1, 0.15) is 24.8 Å². The average Bonchev–Trinajstić information content (AvgIpc) is 2.40. The highest BCUT2D eigenvalue weighted by atomic mass is 16.5. The van der Waals surface area contributed by atoms with E-state index < -0.39 is 0 Å². The molecule has 1 unspecified atom stereocenters. The lowest BCUT2D eigenvalue weighted by molar-refractivity contribution is -0.119. The molecule has 0 N–H and O–H groups in total. The first-order valence-electron chi connectivity index (χ1n) is 6.03. The highest BCUT2D eigenvalue weighted by molar-refractivity contribution is 6.00. The maximum atomic E-state index is 12.0. The Balaban J connectivity index is 1.96. The molecule has 0 amide bonds. The maximum Gasteiger partial charge on any atom is 0.170 e. The van der Waals surface area contributed by atoms with E-state index in [0.29, 0.717) is 5.76 Å². The van der Waals surface area contributed by atoms with Crippen LogP contribution in [0.15, 0.2) is 48.2 Å². The van der Waals surface area contributed by atoms with Gasteiger partial charge in [-0.1, -0.05) is 30.3 Å². The largest absolute Gasteiger partial charge is 0.461 e. The summed E-state index contributed by atoms with van der Waals surface area (Å²) < 4.78 is 5.85. The molecule has 1 heterocycles. The first-order valence-corrected chi connectivity index (χ1v) is 6.03. The van der Waals surface area contributed by atoms with Gasteiger partial charge in [0.05, 0.1) is 5.92 Å². The molecular weight excluding hydrogens is 212 g/mol. The predicted molar refractivity (Wildman–Crippen MR) is 65.9 cm³/mol. The van der Waals surface area contributed by atoms with Gasteiger partial charge in [0, 0.05) is 11.6 Å². The molecule has 1 aromatic rings. The van der Waals surface area contributed by atoms with Crippen molar-refractivity contribution in [2.24, 2.45) is 5.92 Å². The lowest BCUT2D eigenvalue weighted by Crippen LogP contribution is -2.23. The van der Waals surface area contributed by atoms with Crippen LogP contribution in [0, 0.1) is 5.92 Å². The molecule has 1 aliphatic heterocycles. The Hall–Kier alpha value is -1.83. The SMILES string of the molecule is O=C1C=C(c2ccccc2)OC2=CCCCC12. The predicted octanol–water partition coefficient (Wildman–Crippen LogP) is 3.31. The number of fused-ring (bicyclic) bond motifs is 1. The number of carbonyl (C=O) groups excluding carboxylic acids is 1. The van der Waals surface area contributed by atoms with Crippen molar-refractivity contribution in [3.05, 3.63) is 53.8 Å². The molecule has 0 saturated heterocycles. The summed E-state index contributed by atoms with van der Waals surface area (Å²) in [5.41, 5.74) is 0.964. The monoisotopic (exact) mass is 226 g/mol. The van der Waals surface area contributed by atoms with Crippen LogP contribution in [0.3, 0.4) is 0 Å². The lowest BCUT2D eigenvalue weighted by atomic mass is 9.88. The van der Waals surface area contributed by atoms with Gasteiger partial charge in [-0.25, -0.2) is 0 Å². The summed E-state index contributed by atoms with van der Waals surface area (Å²) in [6.45, 7) is 0. The summed E-state index contributed by atoms with van der Waals surface area (Å²) in [6.07, 6.45) is 6.72. The van der Waals surface area contributed by atoms with Gasteiger partial charge in [0.2, 0.25) is 0 Å². The summed E-state index contributed by atoms with van der Waals surface area (Å²) in [5, 5.41) is 0. The summed E-state index contributed by atoms with van der Waals surface area (Å²) >= 11 is 0. The topological polar surface area (TPSA) is 26.3 Å². The minimum absolute atomic E-state index is 0.0313. The number of rotatable bonds is 1. The van der Waals surface area contributed by atoms with Crippen molar-refractivity contribution >= 4 is 11.5 Å². The third-order valence-corrected chi connectivity index (χ3v) is 3.29. The summed E-state index contributed by atoms with van der Waals surface area (Å²) in [6, 6.07) is 9.78. The molecule has 3 rings (SSSR count). The van der Waals surface area contributed by atoms with Crippen molar-refractivity contribution in [2.45, 2.75) is 19.3 Å². The second-order valence-electron chi connectivity index (χ2n) is 4.47. The van der Waals surface area contributed by atoms with Crippen LogP contribution in [0.4, 0.5) is 0 Å². The molecule has 2 aliphatic rings. The van der Waals surface area contributed by atoms with E-state index in [2.05, 4.69) is 6.08 Å². The van der Waals surface area contributed by atoms with Gasteiger partial charge < -0.3 is 4.74 Å². The Morgan fingerprint density at radius 1 is 1.18 bits per heavy atom. The van der Waals surface area contributed by atoms with Gasteiger partial charge in [0.1, 0.15) is 11.5 Å². The van der Waals surface area contributed by atoms with Crippen molar-refractivity contribution in [1.82, 2.24) is 0 Å². The van der Waals surface area contributed by atoms with Crippen molar-refractivity contribution in [2.75, 3.05) is 0 Å². The van der Waals surface area contributed by atoms with Crippen molar-refractivity contribution < 1.29 is 9.53 Å². The molecule has 0 fully saturated rings. The first kappa shape index (κ1) is 10.3. The van der Waals surface area contributed by atoms with E-state index in [1.54, 1.807) is 6.08 Å². The van der Waals surface area contributed by atoms with Gasteiger partial charge >= 0.3 is 0 Å². The number of hydrogen-bond donors (Lipinski definition) is 0. The van der Waals surface area contributed by atoms with Crippen LogP contribution in [0.5, 0.6) is 0 Å². The standard InChI is InChI=1S/C15H14O2/c16-13-10-15(11-6-2-1-3-7-11)17-14-9-5-4-8-12(13)14/h1-3,6-7,9-10,12H,4-5,8H2. The minimum Gasteiger partial charge on any atom is -0.461 e. The normalized spacial score (nSPS) is 23.3. The van der Waals surface area contributed by atoms with Crippen molar-refractivity contribution in [3.63, 3.8) is 0 Å². The van der Waals surface area contributed by atoms with E-state index in [0.717, 1.165) is 30.6 Å². The van der Waals surface area contributed by atoms with E-state index in [1.807, 2.05) is 30.3 Å². The summed E-state index contributed by atoms with van der Waals surface area (Å²) in [7, 11) is 0. The highest BCUT2D eigenvalue weighted by Crippen LogP contribution is 2.35. The molecule has 86 valence electrons. The Bertz CT molecular complexity index is 497. The number of benzene rings is 1. The molecule has 2 nitrogen and oxygen atoms in total. The fourth-order valence-corrected chi connectivity index (χ4v) is 2.38. The van der Waals surface area contributed by atoms with Gasteiger partial charge in [-0.2, -0.15) is 0 Å². The third-order valence-electron chi connectivity index (χ3n) is 3.29. The molecule has 2 heteroatoms. The number of ketones is 1. The molecule has 0 spiro atoms. The Morgan fingerprint density at radius 3 is 2.82 bits per heavy atom. The number of allylic oxidation sites excluding steroid dienone is 3. The Kier molecular flexibility index (Phi) is 2.56. The number of ether oxygens (including phenoxy) is 1. The molecule has 0 bridgehead atoms. The molecule has 1 aliphatic carbocycles. The molecule has 1 atom stereocenters. The smallest absolute Gasteiger partial charge is 0.170 e. The quantitative estimate of drug-likeness (QED) is 0.734. The van der Waals surface area contributed by atoms with E-state index in [4.69, 9.17) is 4.74 Å². The zero-order valence-corrected chi connectivity index (χ0v) is 9.56. The lowest BCUT2D eigenvalue weighted by Gasteiger charge is -2.27. The van der Waals surface area contributed by atoms with Gasteiger partial charge in [0.25, 0.3) is 0 Å². The second kappa shape index (κ2) is 4.21. The zero-order valence-electron chi connectivity index (χ0n) is 9.56. The second-order valence-corrected chi connectivity index (χ2v) is 4.47. The van der Waals surface area contributed by atoms with Crippen LogP contribution in [-0.4, -0.2) is 5.78 Å². The molecule has 1 aromatic carbocycles. The van der Waals surface area contributed by atoms with Crippen LogP contribution >= 0.6 is 0 Å². The fourth-order valence-electron chi connectivity index (χ4n) is 2.38. The maximum absolute atomic E-state index is 12.0. The number of carbonyl (C=O) groups is 1. The molecule has 0 radical (unpaired) electrons. The first-order chi connectivity index (χ1) is 8.34. The molecule has 0 aromatic heterocycles. The summed E-state index contributed by atoms with van der Waals surface area (Å²) in [4.78, 5) is 12.0. The van der Waals surface area contributed by atoms with E-state index in [-0.39, 0.29) is 11.7 Å². The van der Waals surface area contributed by atoms with Gasteiger partial charge in [-0.05, 0) is 25.3 Å². The van der Waals surface area contributed by atoms with Crippen LogP contribution in [0.2, 0.25) is 0 Å². The number of hydrogen-bond acceptors (Lipinski definition) is 2. The van der Waals surface area contributed by atoms with E-state index in [9.17, 15) is 4.79 Å². The summed E-state index contributed by atoms with van der Waals surface area (Å²) in [5.74, 6) is 1.68. The van der Waals surface area contributed by atoms with E-state index >= 15 is 0 Å². The average molecular weight is 226 g/mol. The molecular formula is C15H14O2. The van der Waals surface area contributed by atoms with Crippen LogP contribution < -0.4 is 0 Å². The van der Waals surface area contributed by atoms with Crippen LogP contribution in [0.25, 0.3) is 5.76 Å². The van der Waals surface area contributed by atoms with Gasteiger partial charge in [-0.3, -0.25) is 4.79 Å². The zero-order chi connectivity index (χ0) is 11.7. The highest BCUT2D eigenvalue weighted by Gasteiger charge is 2.30. The Morgan fingerprint density at radius 2 is 2.00 bits per heavy atom. The molecule has 0 saturated carbocycles. The minimum atomic E-state index is -0.0313. The van der Waals surface area contributed by atoms with Crippen molar-refractivity contribution in [3.8, 4) is 0 Å². The third kappa shape index (κ3) is 1.91. The fraction of sp³-hybridized carbons (Fsp3) is 0.267. The van der Waals surface area contributed by atoms with Gasteiger partial charge in [0.15, 0.2) is 5.78 Å². The Labute approximate surface area is 101 Å². The van der Waals surface area contributed by atoms with E-state index in [1.165, 1.54) is 0 Å².